The molecular formula is C57H68FN11O6S. The third kappa shape index (κ3) is 10.4. The Morgan fingerprint density at radius 2 is 1.72 bits per heavy atom. The van der Waals surface area contributed by atoms with E-state index in [1.165, 1.54) is 10.5 Å². The normalized spacial score (nSPS) is 23.3. The number of aryl methyl sites for hydroxylation is 1. The molecule has 7 heterocycles. The average molecular weight is 1050 g/mol. The largest absolute Gasteiger partial charge is 0.507 e. The number of piperidine rings is 1. The van der Waals surface area contributed by atoms with Crippen molar-refractivity contribution < 1.29 is 33.7 Å². The number of anilines is 1. The first-order valence-electron chi connectivity index (χ1n) is 27.0. The summed E-state index contributed by atoms with van der Waals surface area (Å²) in [5.74, 6) is 0.188. The highest BCUT2D eigenvalue weighted by Crippen LogP contribution is 2.42. The van der Waals surface area contributed by atoms with Crippen LogP contribution in [0.1, 0.15) is 126 Å². The second-order valence-corrected chi connectivity index (χ2v) is 23.6. The number of nitrogens with one attached hydrogen (secondary N) is 3. The van der Waals surface area contributed by atoms with E-state index in [1.54, 1.807) is 44.2 Å². The smallest absolute Gasteiger partial charge is 0.258 e. The molecular weight excluding hydrogens is 986 g/mol. The second kappa shape index (κ2) is 20.8. The van der Waals surface area contributed by atoms with Gasteiger partial charge < -0.3 is 45.3 Å². The van der Waals surface area contributed by atoms with Crippen LogP contribution in [0.4, 0.5) is 10.3 Å². The number of hydrogen-bond acceptors (Lipinski definition) is 14. The molecule has 2 saturated carbocycles. The van der Waals surface area contributed by atoms with E-state index in [0.717, 1.165) is 109 Å². The van der Waals surface area contributed by atoms with E-state index in [1.807, 2.05) is 61.2 Å². The molecule has 11 rings (SSSR count). The number of aromatic hydroxyl groups is 1. The highest BCUT2D eigenvalue weighted by Gasteiger charge is 2.53. The van der Waals surface area contributed by atoms with Gasteiger partial charge in [-0.2, -0.15) is 0 Å². The number of nitrogens with zero attached hydrogens (tertiary/aromatic N) is 8. The van der Waals surface area contributed by atoms with E-state index in [-0.39, 0.29) is 50.2 Å². The van der Waals surface area contributed by atoms with Crippen LogP contribution in [-0.2, 0) is 27.3 Å². The van der Waals surface area contributed by atoms with E-state index in [0.29, 0.717) is 34.9 Å². The van der Waals surface area contributed by atoms with Crippen LogP contribution in [0.25, 0.3) is 32.7 Å². The molecule has 5 N–H and O–H groups in total. The predicted octanol–water partition coefficient (Wildman–Crippen LogP) is 7.86. The van der Waals surface area contributed by atoms with Crippen molar-refractivity contribution in [2.45, 2.75) is 153 Å². The molecule has 1 unspecified atom stereocenters. The van der Waals surface area contributed by atoms with Crippen LogP contribution in [0.15, 0.2) is 66.4 Å². The number of fused-ring (bicyclic) bond motifs is 3. The standard InChI is InChI=1S/C57H68FN11O6S/c1-32-49(76-31-62-32)35-10-11-36(27-59-52(72)45-25-39(70)30-69(45)53(73)50(56(3,4)5)64-54(74)57(58)19-20-57)47(24-35)75-40-14-12-38(13-15-40)67-21-16-34(17-22-67)37-28-60-55(61-29-37)68-23-18-43-48(33(68)2)42-26-44(65-66-51(42)63-43)41-8-6-7-9-46(41)71/h6-11,24,26,28-29,31,33-34,38-40,45,50,70-71H,12-23,25,27,30H2,1-5H3,(H,59,72)(H,63,66)(H,64,74)/t33-,38?,39-,40?,45+,50?/m1/s1. The number of benzene rings is 2. The Morgan fingerprint density at radius 3 is 2.42 bits per heavy atom. The number of phenols is 1. The van der Waals surface area contributed by atoms with Crippen molar-refractivity contribution in [1.29, 1.82) is 0 Å². The van der Waals surface area contributed by atoms with Gasteiger partial charge in [-0.05, 0) is 125 Å². The number of carbonyl (C=O) groups is 3. The number of β-amino-alcohol motifs (C(OH)–C–C–N with tert-alkyl or cyclic N) is 1. The maximum absolute atomic E-state index is 14.7. The van der Waals surface area contributed by atoms with E-state index >= 15 is 0 Å². The zero-order valence-electron chi connectivity index (χ0n) is 43.9. The zero-order chi connectivity index (χ0) is 53.0. The number of aliphatic hydroxyl groups excluding tert-OH is 1. The van der Waals surface area contributed by atoms with Gasteiger partial charge in [0.25, 0.3) is 5.91 Å². The molecule has 3 aliphatic heterocycles. The monoisotopic (exact) mass is 1050 g/mol. The summed E-state index contributed by atoms with van der Waals surface area (Å²) in [4.78, 5) is 66.0. The number of hydrogen-bond donors (Lipinski definition) is 5. The predicted molar refractivity (Wildman–Crippen MR) is 287 cm³/mol. The molecule has 76 heavy (non-hydrogen) atoms. The first kappa shape index (κ1) is 51.5. The number of amides is 3. The topological polar surface area (TPSA) is 215 Å². The minimum absolute atomic E-state index is 0.00311. The molecule has 4 atom stereocenters. The molecule has 2 saturated heterocycles. The molecule has 19 heteroatoms. The van der Waals surface area contributed by atoms with Gasteiger partial charge >= 0.3 is 0 Å². The van der Waals surface area contributed by atoms with E-state index in [4.69, 9.17) is 14.7 Å². The first-order chi connectivity index (χ1) is 36.5. The van der Waals surface area contributed by atoms with Crippen molar-refractivity contribution in [2.75, 3.05) is 31.1 Å². The fourth-order valence-corrected chi connectivity index (χ4v) is 12.8. The second-order valence-electron chi connectivity index (χ2n) is 22.8. The van der Waals surface area contributed by atoms with Crippen LogP contribution in [0.5, 0.6) is 11.5 Å². The third-order valence-corrected chi connectivity index (χ3v) is 17.6. The molecule has 0 bridgehead atoms. The minimum Gasteiger partial charge on any atom is -0.507 e. The molecule has 17 nitrogen and oxygen atoms in total. The number of halogens is 1. The molecule has 2 aromatic carbocycles. The summed E-state index contributed by atoms with van der Waals surface area (Å²) in [6.07, 6.45) is 10.1. The highest BCUT2D eigenvalue weighted by molar-refractivity contribution is 7.13. The molecule has 0 radical (unpaired) electrons. The highest BCUT2D eigenvalue weighted by atomic mass is 32.1. The summed E-state index contributed by atoms with van der Waals surface area (Å²) in [5, 5.41) is 36.8. The Morgan fingerprint density at radius 1 is 0.974 bits per heavy atom. The summed E-state index contributed by atoms with van der Waals surface area (Å²) in [5.41, 5.74) is 7.26. The van der Waals surface area contributed by atoms with Crippen LogP contribution in [0.2, 0.25) is 0 Å². The number of ether oxygens (including phenoxy) is 1. The van der Waals surface area contributed by atoms with Crippen LogP contribution in [0.3, 0.4) is 0 Å². The fourth-order valence-electron chi connectivity index (χ4n) is 12.0. The zero-order valence-corrected chi connectivity index (χ0v) is 44.7. The number of carbonyl (C=O) groups excluding carboxylic acids is 3. The Bertz CT molecular complexity index is 3120. The number of thiazole rings is 1. The third-order valence-electron chi connectivity index (χ3n) is 16.6. The summed E-state index contributed by atoms with van der Waals surface area (Å²) >= 11 is 1.56. The van der Waals surface area contributed by atoms with Crippen LogP contribution < -0.4 is 20.3 Å². The number of phenolic OH excluding ortho intramolecular Hbond substituents is 1. The van der Waals surface area contributed by atoms with E-state index in [2.05, 4.69) is 47.5 Å². The molecule has 400 valence electrons. The van der Waals surface area contributed by atoms with Crippen molar-refractivity contribution in [3.8, 4) is 33.2 Å². The number of H-pyrrole nitrogens is 1. The minimum atomic E-state index is -1.97. The number of likely N-dealkylation sites (tertiary alicyclic amines) is 2. The Kier molecular flexibility index (Phi) is 14.1. The maximum Gasteiger partial charge on any atom is 0.258 e. The lowest BCUT2D eigenvalue weighted by atomic mass is 9.85. The lowest BCUT2D eigenvalue weighted by Crippen LogP contribution is -2.59. The summed E-state index contributed by atoms with van der Waals surface area (Å²) in [6.45, 7) is 12.4. The van der Waals surface area contributed by atoms with Gasteiger partial charge in [0.1, 0.15) is 23.6 Å². The fraction of sp³-hybridized carbons (Fsp3) is 0.509. The van der Waals surface area contributed by atoms with E-state index < -0.39 is 47.0 Å². The number of rotatable bonds is 13. The summed E-state index contributed by atoms with van der Waals surface area (Å²) in [7, 11) is 0. The SMILES string of the molecule is Cc1ncsc1-c1ccc(CNC(=O)[C@@H]2C[C@@H](O)CN2C(=O)C(NC(=O)C2(F)CC2)C(C)(C)C)c(OC2CCC(N3CCC(c4cnc(N5CCc6[nH]c7nnc(-c8ccccc8O)cc7c6[C@H]5C)nc4)CC3)CC2)c1. The number of aliphatic hydroxyl groups is 1. The lowest BCUT2D eigenvalue weighted by molar-refractivity contribution is -0.145. The van der Waals surface area contributed by atoms with Gasteiger partial charge in [0.2, 0.25) is 17.8 Å². The Balaban J connectivity index is 0.697. The molecule has 6 aromatic rings. The number of aromatic nitrogens is 6. The number of alkyl halides is 1. The van der Waals surface area contributed by atoms with Gasteiger partial charge in [-0.25, -0.2) is 19.3 Å². The molecule has 4 fully saturated rings. The van der Waals surface area contributed by atoms with Crippen LogP contribution in [0, 0.1) is 12.3 Å². The van der Waals surface area contributed by atoms with E-state index in [9.17, 15) is 29.0 Å². The quantitative estimate of drug-likeness (QED) is 0.0746. The molecule has 5 aliphatic rings. The van der Waals surface area contributed by atoms with Crippen molar-refractivity contribution >= 4 is 46.0 Å². The van der Waals surface area contributed by atoms with Crippen molar-refractivity contribution in [3.63, 3.8) is 0 Å². The Labute approximate surface area is 446 Å². The summed E-state index contributed by atoms with van der Waals surface area (Å²) in [6, 6.07) is 13.6. The first-order valence-corrected chi connectivity index (χ1v) is 27.8. The van der Waals surface area contributed by atoms with Gasteiger partial charge in [-0.15, -0.1) is 21.5 Å². The molecule has 3 amide bonds. The maximum atomic E-state index is 14.7. The molecule has 0 spiro atoms. The molecule has 4 aromatic heterocycles. The Hall–Kier alpha value is -6.57. The van der Waals surface area contributed by atoms with Gasteiger partial charge in [0, 0.05) is 78.7 Å². The van der Waals surface area contributed by atoms with Gasteiger partial charge in [-0.3, -0.25) is 14.4 Å². The van der Waals surface area contributed by atoms with Gasteiger partial charge in [-0.1, -0.05) is 45.0 Å². The average Bonchev–Trinajstić information content (AvgIpc) is 3.67. The van der Waals surface area contributed by atoms with Crippen molar-refractivity contribution in [2.24, 2.45) is 5.41 Å². The molecule has 2 aliphatic carbocycles. The van der Waals surface area contributed by atoms with Gasteiger partial charge in [0.15, 0.2) is 11.3 Å². The van der Waals surface area contributed by atoms with Crippen molar-refractivity contribution in [3.05, 3.63) is 94.5 Å². The van der Waals surface area contributed by atoms with Crippen LogP contribution >= 0.6 is 11.3 Å². The lowest BCUT2D eigenvalue weighted by Gasteiger charge is -2.41. The number of para-hydroxylation sites is 1. The number of aromatic amines is 1. The van der Waals surface area contributed by atoms with Gasteiger partial charge in [0.05, 0.1) is 40.0 Å². The summed E-state index contributed by atoms with van der Waals surface area (Å²) < 4.78 is 21.6. The van der Waals surface area contributed by atoms with Crippen molar-refractivity contribution in [1.82, 2.24) is 50.6 Å². The van der Waals surface area contributed by atoms with Crippen LogP contribution in [-0.4, -0.2) is 130 Å².